The van der Waals surface area contributed by atoms with E-state index >= 15 is 0 Å². The molecule has 1 aliphatic carbocycles. The molecule has 23 heavy (non-hydrogen) atoms. The van der Waals surface area contributed by atoms with E-state index in [4.69, 9.17) is 5.73 Å². The summed E-state index contributed by atoms with van der Waals surface area (Å²) in [5.41, 5.74) is 7.45. The second-order valence-corrected chi connectivity index (χ2v) is 6.75. The molecule has 1 saturated heterocycles. The number of benzene rings is 1. The lowest BCUT2D eigenvalue weighted by Gasteiger charge is -2.32. The Labute approximate surface area is 137 Å². The lowest BCUT2D eigenvalue weighted by Crippen LogP contribution is -2.40. The van der Waals surface area contributed by atoms with Crippen LogP contribution < -0.4 is 11.1 Å². The van der Waals surface area contributed by atoms with Crippen molar-refractivity contribution in [2.24, 2.45) is 17.6 Å². The van der Waals surface area contributed by atoms with Crippen LogP contribution in [0.4, 0.5) is 5.69 Å². The Morgan fingerprint density at radius 1 is 1.13 bits per heavy atom. The summed E-state index contributed by atoms with van der Waals surface area (Å²) < 4.78 is 0. The molecule has 2 aliphatic rings. The number of nitrogens with zero attached hydrogens (tertiary/aromatic N) is 1. The van der Waals surface area contributed by atoms with Crippen molar-refractivity contribution in [3.05, 3.63) is 29.8 Å². The van der Waals surface area contributed by atoms with Crippen LogP contribution in [0.3, 0.4) is 0 Å². The van der Waals surface area contributed by atoms with Crippen molar-refractivity contribution in [3.63, 3.8) is 0 Å². The molecule has 2 fully saturated rings. The SMILES string of the molecule is NC(=O)[C@@H]1CCCN(Cc2ccccc2NC(=O)C2CCC2)C1. The van der Waals surface area contributed by atoms with E-state index in [9.17, 15) is 9.59 Å². The minimum Gasteiger partial charge on any atom is -0.369 e. The molecule has 124 valence electrons. The molecule has 1 aliphatic heterocycles. The summed E-state index contributed by atoms with van der Waals surface area (Å²) in [4.78, 5) is 25.9. The van der Waals surface area contributed by atoms with E-state index < -0.39 is 0 Å². The first-order valence-electron chi connectivity index (χ1n) is 8.54. The summed E-state index contributed by atoms with van der Waals surface area (Å²) in [6.45, 7) is 2.42. The van der Waals surface area contributed by atoms with E-state index in [1.807, 2.05) is 24.3 Å². The van der Waals surface area contributed by atoms with Crippen LogP contribution in [0.25, 0.3) is 0 Å². The first kappa shape index (κ1) is 16.0. The Bertz CT molecular complexity index is 583. The van der Waals surface area contributed by atoms with E-state index in [-0.39, 0.29) is 23.7 Å². The van der Waals surface area contributed by atoms with Crippen molar-refractivity contribution in [1.82, 2.24) is 4.90 Å². The average molecular weight is 315 g/mol. The van der Waals surface area contributed by atoms with E-state index in [1.165, 1.54) is 0 Å². The average Bonchev–Trinajstić information content (AvgIpc) is 2.47. The number of piperidine rings is 1. The fourth-order valence-corrected chi connectivity index (χ4v) is 3.36. The van der Waals surface area contributed by atoms with Gasteiger partial charge in [-0.2, -0.15) is 0 Å². The van der Waals surface area contributed by atoms with Crippen LogP contribution in [0.15, 0.2) is 24.3 Å². The molecule has 0 unspecified atom stereocenters. The van der Waals surface area contributed by atoms with Gasteiger partial charge in [-0.1, -0.05) is 24.6 Å². The number of hydrogen-bond donors (Lipinski definition) is 2. The Balaban J connectivity index is 1.65. The van der Waals surface area contributed by atoms with E-state index in [0.29, 0.717) is 6.54 Å². The smallest absolute Gasteiger partial charge is 0.227 e. The van der Waals surface area contributed by atoms with Gasteiger partial charge in [-0.15, -0.1) is 0 Å². The minimum absolute atomic E-state index is 0.0551. The molecular formula is C18H25N3O2. The highest BCUT2D eigenvalue weighted by atomic mass is 16.2. The molecule has 1 aromatic rings. The predicted molar refractivity (Wildman–Crippen MR) is 89.6 cm³/mol. The van der Waals surface area contributed by atoms with Gasteiger partial charge in [0.2, 0.25) is 11.8 Å². The summed E-state index contributed by atoms with van der Waals surface area (Å²) in [7, 11) is 0. The van der Waals surface area contributed by atoms with Gasteiger partial charge in [-0.3, -0.25) is 14.5 Å². The highest BCUT2D eigenvalue weighted by molar-refractivity contribution is 5.93. The van der Waals surface area contributed by atoms with Gasteiger partial charge in [0.25, 0.3) is 0 Å². The third kappa shape index (κ3) is 3.91. The van der Waals surface area contributed by atoms with Gasteiger partial charge < -0.3 is 11.1 Å². The lowest BCUT2D eigenvalue weighted by atomic mass is 9.85. The number of hydrogen-bond acceptors (Lipinski definition) is 3. The molecule has 5 nitrogen and oxygen atoms in total. The topological polar surface area (TPSA) is 75.4 Å². The molecule has 3 rings (SSSR count). The second-order valence-electron chi connectivity index (χ2n) is 6.75. The minimum atomic E-state index is -0.207. The van der Waals surface area contributed by atoms with Gasteiger partial charge in [-0.25, -0.2) is 0 Å². The van der Waals surface area contributed by atoms with Crippen LogP contribution in [-0.2, 0) is 16.1 Å². The zero-order valence-corrected chi connectivity index (χ0v) is 13.5. The van der Waals surface area contributed by atoms with Crippen LogP contribution in [-0.4, -0.2) is 29.8 Å². The number of para-hydroxylation sites is 1. The maximum atomic E-state index is 12.2. The number of amides is 2. The number of carbonyl (C=O) groups is 2. The Morgan fingerprint density at radius 2 is 1.87 bits per heavy atom. The summed E-state index contributed by atoms with van der Waals surface area (Å²) in [5, 5.41) is 3.08. The van der Waals surface area contributed by atoms with Gasteiger partial charge in [-0.05, 0) is 43.9 Å². The fourth-order valence-electron chi connectivity index (χ4n) is 3.36. The third-order valence-corrected chi connectivity index (χ3v) is 5.05. The molecule has 1 aromatic carbocycles. The zero-order chi connectivity index (χ0) is 16.2. The highest BCUT2D eigenvalue weighted by Crippen LogP contribution is 2.29. The molecular weight excluding hydrogens is 290 g/mol. The zero-order valence-electron chi connectivity index (χ0n) is 13.5. The number of nitrogens with one attached hydrogen (secondary N) is 1. The third-order valence-electron chi connectivity index (χ3n) is 5.05. The lowest BCUT2D eigenvalue weighted by molar-refractivity contribution is -0.123. The number of rotatable bonds is 5. The van der Waals surface area contributed by atoms with Gasteiger partial charge in [0.1, 0.15) is 0 Å². The van der Waals surface area contributed by atoms with Crippen LogP contribution in [0, 0.1) is 11.8 Å². The number of nitrogens with two attached hydrogens (primary N) is 1. The fraction of sp³-hybridized carbons (Fsp3) is 0.556. The summed E-state index contributed by atoms with van der Waals surface area (Å²) >= 11 is 0. The molecule has 0 aromatic heterocycles. The molecule has 5 heteroatoms. The van der Waals surface area contributed by atoms with Gasteiger partial charge in [0, 0.05) is 24.7 Å². The van der Waals surface area contributed by atoms with Crippen LogP contribution >= 0.6 is 0 Å². The number of anilines is 1. The molecule has 0 radical (unpaired) electrons. The van der Waals surface area contributed by atoms with Crippen molar-refractivity contribution < 1.29 is 9.59 Å². The first-order chi connectivity index (χ1) is 11.1. The number of carbonyl (C=O) groups excluding carboxylic acids is 2. The molecule has 1 heterocycles. The van der Waals surface area contributed by atoms with Crippen molar-refractivity contribution >= 4 is 17.5 Å². The number of likely N-dealkylation sites (tertiary alicyclic amines) is 1. The molecule has 2 amide bonds. The standard InChI is InChI=1S/C18H25N3O2/c19-17(22)15-8-4-10-21(12-15)11-14-5-1-2-9-16(14)20-18(23)13-6-3-7-13/h1-2,5,9,13,15H,3-4,6-8,10-12H2,(H2,19,22)(H,20,23)/t15-/m1/s1. The Morgan fingerprint density at radius 3 is 2.57 bits per heavy atom. The van der Waals surface area contributed by atoms with Crippen molar-refractivity contribution in [3.8, 4) is 0 Å². The molecule has 0 bridgehead atoms. The van der Waals surface area contributed by atoms with Crippen molar-refractivity contribution in [2.75, 3.05) is 18.4 Å². The Hall–Kier alpha value is -1.88. The van der Waals surface area contributed by atoms with Gasteiger partial charge in [0.15, 0.2) is 0 Å². The maximum absolute atomic E-state index is 12.2. The summed E-state index contributed by atoms with van der Waals surface area (Å²) in [5.74, 6) is 0.0522. The normalized spacial score (nSPS) is 22.3. The van der Waals surface area contributed by atoms with Crippen molar-refractivity contribution in [1.29, 1.82) is 0 Å². The summed E-state index contributed by atoms with van der Waals surface area (Å²) in [6.07, 6.45) is 5.03. The first-order valence-corrected chi connectivity index (χ1v) is 8.54. The van der Waals surface area contributed by atoms with E-state index in [2.05, 4.69) is 10.2 Å². The predicted octanol–water partition coefficient (Wildman–Crippen LogP) is 2.12. The van der Waals surface area contributed by atoms with Crippen LogP contribution in [0.1, 0.15) is 37.7 Å². The molecule has 1 saturated carbocycles. The van der Waals surface area contributed by atoms with Gasteiger partial charge in [0.05, 0.1) is 5.92 Å². The quantitative estimate of drug-likeness (QED) is 0.874. The van der Waals surface area contributed by atoms with E-state index in [0.717, 1.165) is 56.4 Å². The molecule has 3 N–H and O–H groups in total. The number of primary amides is 1. The maximum Gasteiger partial charge on any atom is 0.227 e. The summed E-state index contributed by atoms with van der Waals surface area (Å²) in [6, 6.07) is 7.94. The monoisotopic (exact) mass is 315 g/mol. The molecule has 1 atom stereocenters. The van der Waals surface area contributed by atoms with Crippen LogP contribution in [0.2, 0.25) is 0 Å². The largest absolute Gasteiger partial charge is 0.369 e. The van der Waals surface area contributed by atoms with Crippen LogP contribution in [0.5, 0.6) is 0 Å². The second kappa shape index (κ2) is 7.13. The van der Waals surface area contributed by atoms with Gasteiger partial charge >= 0.3 is 0 Å². The molecule has 0 spiro atoms. The van der Waals surface area contributed by atoms with Crippen molar-refractivity contribution in [2.45, 2.75) is 38.6 Å². The Kier molecular flexibility index (Phi) is 4.96. The van der Waals surface area contributed by atoms with E-state index in [1.54, 1.807) is 0 Å². The highest BCUT2D eigenvalue weighted by Gasteiger charge is 2.27.